The molecule has 0 aliphatic heterocycles. The van der Waals surface area contributed by atoms with Crippen molar-refractivity contribution in [1.82, 2.24) is 0 Å². The van der Waals surface area contributed by atoms with Crippen LogP contribution >= 0.6 is 0 Å². The number of hydrogen-bond acceptors (Lipinski definition) is 3. The molecule has 0 rings (SSSR count). The predicted octanol–water partition coefficient (Wildman–Crippen LogP) is -0.232. The second kappa shape index (κ2) is 3.17. The van der Waals surface area contributed by atoms with E-state index >= 15 is 0 Å². The van der Waals surface area contributed by atoms with Crippen LogP contribution in [0.5, 0.6) is 0 Å². The van der Waals surface area contributed by atoms with Crippen molar-refractivity contribution < 1.29 is 8.42 Å². The molecular weight excluding hydrogens is 138 g/mol. The zero-order valence-electron chi connectivity index (χ0n) is 5.79. The van der Waals surface area contributed by atoms with Gasteiger partial charge in [-0.1, -0.05) is 6.92 Å². The average Bonchev–Trinajstić information content (AvgIpc) is 1.86. The SMILES string of the molecule is CCS(=O)(=O)[C@H](C)CN. The standard InChI is InChI=1S/C5H13NO2S/c1-3-9(7,8)5(2)4-6/h5H,3-4,6H2,1-2H3/t5-/m1/s1. The second-order valence-corrected chi connectivity index (χ2v) is 4.71. The Morgan fingerprint density at radius 3 is 2.11 bits per heavy atom. The molecule has 0 unspecified atom stereocenters. The molecule has 0 aliphatic rings. The third-order valence-corrected chi connectivity index (χ3v) is 3.57. The van der Waals surface area contributed by atoms with E-state index in [-0.39, 0.29) is 17.5 Å². The average molecular weight is 151 g/mol. The molecule has 3 nitrogen and oxygen atoms in total. The summed E-state index contributed by atoms with van der Waals surface area (Å²) in [4.78, 5) is 0. The largest absolute Gasteiger partial charge is 0.329 e. The maximum absolute atomic E-state index is 10.9. The van der Waals surface area contributed by atoms with Crippen LogP contribution in [-0.4, -0.2) is 26.0 Å². The van der Waals surface area contributed by atoms with Crippen molar-refractivity contribution in [2.24, 2.45) is 5.73 Å². The molecule has 0 aromatic rings. The summed E-state index contributed by atoms with van der Waals surface area (Å²) >= 11 is 0. The smallest absolute Gasteiger partial charge is 0.153 e. The first-order chi connectivity index (χ1) is 4.04. The van der Waals surface area contributed by atoms with Crippen LogP contribution in [0.3, 0.4) is 0 Å². The minimum atomic E-state index is -2.87. The Morgan fingerprint density at radius 1 is 1.56 bits per heavy atom. The van der Waals surface area contributed by atoms with E-state index in [1.165, 1.54) is 0 Å². The summed E-state index contributed by atoms with van der Waals surface area (Å²) in [5.74, 6) is 0.186. The summed E-state index contributed by atoms with van der Waals surface area (Å²) in [7, 11) is -2.87. The summed E-state index contributed by atoms with van der Waals surface area (Å²) in [5, 5.41) is -0.387. The molecular formula is C5H13NO2S. The van der Waals surface area contributed by atoms with E-state index in [0.717, 1.165) is 0 Å². The van der Waals surface area contributed by atoms with Crippen LogP contribution in [-0.2, 0) is 9.84 Å². The van der Waals surface area contributed by atoms with Crippen LogP contribution in [0.2, 0.25) is 0 Å². The Kier molecular flexibility index (Phi) is 3.14. The van der Waals surface area contributed by atoms with Crippen LogP contribution in [0.4, 0.5) is 0 Å². The first kappa shape index (κ1) is 8.91. The van der Waals surface area contributed by atoms with E-state index in [9.17, 15) is 8.42 Å². The van der Waals surface area contributed by atoms with Crippen LogP contribution < -0.4 is 5.73 Å². The van der Waals surface area contributed by atoms with Crippen molar-refractivity contribution in [3.63, 3.8) is 0 Å². The van der Waals surface area contributed by atoms with Gasteiger partial charge < -0.3 is 5.73 Å². The molecule has 9 heavy (non-hydrogen) atoms. The quantitative estimate of drug-likeness (QED) is 0.606. The number of sulfone groups is 1. The van der Waals surface area contributed by atoms with Crippen molar-refractivity contribution in [3.05, 3.63) is 0 Å². The van der Waals surface area contributed by atoms with Crippen molar-refractivity contribution in [3.8, 4) is 0 Å². The number of nitrogens with two attached hydrogens (primary N) is 1. The van der Waals surface area contributed by atoms with Crippen molar-refractivity contribution >= 4 is 9.84 Å². The second-order valence-electron chi connectivity index (χ2n) is 2.00. The molecule has 0 bridgehead atoms. The zero-order chi connectivity index (χ0) is 7.49. The van der Waals surface area contributed by atoms with Gasteiger partial charge in [-0.3, -0.25) is 0 Å². The molecule has 0 heterocycles. The lowest BCUT2D eigenvalue weighted by atomic mass is 10.5. The van der Waals surface area contributed by atoms with E-state index in [0.29, 0.717) is 0 Å². The Morgan fingerprint density at radius 2 is 2.00 bits per heavy atom. The van der Waals surface area contributed by atoms with Crippen LogP contribution in [0, 0.1) is 0 Å². The minimum absolute atomic E-state index is 0.186. The first-order valence-electron chi connectivity index (χ1n) is 2.96. The molecule has 0 saturated carbocycles. The molecule has 0 aliphatic carbocycles. The van der Waals surface area contributed by atoms with Crippen molar-refractivity contribution in [2.45, 2.75) is 19.1 Å². The molecule has 0 saturated heterocycles. The summed E-state index contributed by atoms with van der Waals surface area (Å²) in [6.45, 7) is 3.47. The van der Waals surface area contributed by atoms with Gasteiger partial charge in [0.05, 0.1) is 5.25 Å². The minimum Gasteiger partial charge on any atom is -0.329 e. The van der Waals surface area contributed by atoms with E-state index in [4.69, 9.17) is 5.73 Å². The lowest BCUT2D eigenvalue weighted by Gasteiger charge is -2.06. The molecule has 0 spiro atoms. The predicted molar refractivity (Wildman–Crippen MR) is 38.0 cm³/mol. The Hall–Kier alpha value is -0.0900. The van der Waals surface area contributed by atoms with Gasteiger partial charge in [-0.2, -0.15) is 0 Å². The maximum Gasteiger partial charge on any atom is 0.153 e. The lowest BCUT2D eigenvalue weighted by molar-refractivity contribution is 0.585. The third-order valence-electron chi connectivity index (χ3n) is 1.35. The highest BCUT2D eigenvalue weighted by atomic mass is 32.2. The van der Waals surface area contributed by atoms with Crippen LogP contribution in [0.15, 0.2) is 0 Å². The fraction of sp³-hybridized carbons (Fsp3) is 1.00. The zero-order valence-corrected chi connectivity index (χ0v) is 6.61. The van der Waals surface area contributed by atoms with Gasteiger partial charge >= 0.3 is 0 Å². The van der Waals surface area contributed by atoms with Gasteiger partial charge in [0.1, 0.15) is 0 Å². The number of rotatable bonds is 3. The maximum atomic E-state index is 10.9. The normalized spacial score (nSPS) is 15.4. The van der Waals surface area contributed by atoms with E-state index in [2.05, 4.69) is 0 Å². The molecule has 4 heteroatoms. The molecule has 0 aromatic heterocycles. The highest BCUT2D eigenvalue weighted by molar-refractivity contribution is 7.92. The van der Waals surface area contributed by atoms with Gasteiger partial charge in [-0.05, 0) is 6.92 Å². The van der Waals surface area contributed by atoms with Gasteiger partial charge in [0, 0.05) is 12.3 Å². The van der Waals surface area contributed by atoms with E-state index < -0.39 is 9.84 Å². The number of hydrogen-bond donors (Lipinski definition) is 1. The topological polar surface area (TPSA) is 60.2 Å². The van der Waals surface area contributed by atoms with Crippen molar-refractivity contribution in [1.29, 1.82) is 0 Å². The van der Waals surface area contributed by atoms with E-state index in [1.54, 1.807) is 13.8 Å². The molecule has 0 radical (unpaired) electrons. The van der Waals surface area contributed by atoms with Gasteiger partial charge in [-0.15, -0.1) is 0 Å². The summed E-state index contributed by atoms with van der Waals surface area (Å²) < 4.78 is 21.7. The highest BCUT2D eigenvalue weighted by Crippen LogP contribution is 1.97. The molecule has 56 valence electrons. The molecule has 2 N–H and O–H groups in total. The molecule has 0 aromatic carbocycles. The summed E-state index contributed by atoms with van der Waals surface area (Å²) in [6.07, 6.45) is 0. The van der Waals surface area contributed by atoms with Gasteiger partial charge in [0.25, 0.3) is 0 Å². The summed E-state index contributed by atoms with van der Waals surface area (Å²) in [6, 6.07) is 0. The van der Waals surface area contributed by atoms with Gasteiger partial charge in [0.2, 0.25) is 0 Å². The third kappa shape index (κ3) is 2.32. The Bertz CT molecular complexity index is 162. The van der Waals surface area contributed by atoms with E-state index in [1.807, 2.05) is 0 Å². The van der Waals surface area contributed by atoms with Crippen molar-refractivity contribution in [2.75, 3.05) is 12.3 Å². The molecule has 0 amide bonds. The monoisotopic (exact) mass is 151 g/mol. The molecule has 1 atom stereocenters. The molecule has 0 fully saturated rings. The summed E-state index contributed by atoms with van der Waals surface area (Å²) in [5.41, 5.74) is 5.15. The fourth-order valence-corrected chi connectivity index (χ4v) is 1.29. The Labute approximate surface area is 56.2 Å². The highest BCUT2D eigenvalue weighted by Gasteiger charge is 2.15. The Balaban J connectivity index is 4.17. The van der Waals surface area contributed by atoms with Crippen LogP contribution in [0.25, 0.3) is 0 Å². The van der Waals surface area contributed by atoms with Crippen LogP contribution in [0.1, 0.15) is 13.8 Å². The lowest BCUT2D eigenvalue weighted by Crippen LogP contribution is -2.27. The fourth-order valence-electron chi connectivity index (χ4n) is 0.431. The van der Waals surface area contributed by atoms with Gasteiger partial charge in [-0.25, -0.2) is 8.42 Å². The van der Waals surface area contributed by atoms with Gasteiger partial charge in [0.15, 0.2) is 9.84 Å². The first-order valence-corrected chi connectivity index (χ1v) is 4.67.